The van der Waals surface area contributed by atoms with Crippen LogP contribution in [0.15, 0.2) is 243 Å². The van der Waals surface area contributed by atoms with Gasteiger partial charge in [0.05, 0.1) is 11.0 Å². The monoisotopic (exact) mass is 788 g/mol. The van der Waals surface area contributed by atoms with Crippen LogP contribution >= 0.6 is 0 Å². The minimum atomic E-state index is 1.09. The molecule has 11 aromatic carbocycles. The fourth-order valence-electron chi connectivity index (χ4n) is 9.45. The van der Waals surface area contributed by atoms with Crippen molar-refractivity contribution < 1.29 is 0 Å². The van der Waals surface area contributed by atoms with Gasteiger partial charge in [0.2, 0.25) is 0 Å². The summed E-state index contributed by atoms with van der Waals surface area (Å²) in [6.07, 6.45) is 0. The van der Waals surface area contributed by atoms with Gasteiger partial charge < -0.3 is 9.47 Å². The van der Waals surface area contributed by atoms with Gasteiger partial charge in [-0.05, 0) is 145 Å². The van der Waals surface area contributed by atoms with Crippen molar-refractivity contribution in [3.05, 3.63) is 243 Å². The number of hydrogen-bond donors (Lipinski definition) is 0. The van der Waals surface area contributed by atoms with Crippen LogP contribution in [-0.4, -0.2) is 4.57 Å². The topological polar surface area (TPSA) is 8.17 Å². The number of benzene rings is 11. The summed E-state index contributed by atoms with van der Waals surface area (Å²) >= 11 is 0. The van der Waals surface area contributed by atoms with Gasteiger partial charge in [-0.15, -0.1) is 0 Å². The van der Waals surface area contributed by atoms with Gasteiger partial charge in [0.15, 0.2) is 0 Å². The van der Waals surface area contributed by atoms with Crippen molar-refractivity contribution >= 4 is 71.2 Å². The Hall–Kier alpha value is -8.20. The molecule has 0 N–H and O–H groups in total. The SMILES string of the molecule is c1ccc(-n2c3cc4ccccc4cc3c3c(-c4cccc(N(c5ccc(-c6ccc7ccccc7c6)cc5)c5ccc(-c6ccc7ccccc7c6)cc5)c4)cccc32)cc1. The zero-order chi connectivity index (χ0) is 41.0. The fraction of sp³-hybridized carbons (Fsp3) is 0. The highest BCUT2D eigenvalue weighted by atomic mass is 15.1. The molecule has 0 amide bonds. The Labute approximate surface area is 360 Å². The van der Waals surface area contributed by atoms with Crippen LogP contribution in [0, 0.1) is 0 Å². The molecule has 0 unspecified atom stereocenters. The molecular weight excluding hydrogens is 749 g/mol. The Morgan fingerprint density at radius 2 is 0.774 bits per heavy atom. The lowest BCUT2D eigenvalue weighted by molar-refractivity contribution is 1.18. The standard InChI is InChI=1S/C60H40N2/c1-2-19-52(20-3-1)62-58-23-11-22-56(60(58)57-39-47-16-8-9-17-48(47)40-59(57)62)51-18-10-21-55(38-51)61(53-32-28-43(29-33-53)49-26-24-41-12-4-6-14-45(41)36-49)54-34-30-44(31-35-54)50-27-25-42-13-5-7-15-46(42)37-50/h1-40H. The van der Waals surface area contributed by atoms with Crippen molar-refractivity contribution in [3.8, 4) is 39.1 Å². The van der Waals surface area contributed by atoms with Crippen LogP contribution in [0.2, 0.25) is 0 Å². The predicted octanol–water partition coefficient (Wildman–Crippen LogP) is 16.7. The minimum Gasteiger partial charge on any atom is -0.310 e. The van der Waals surface area contributed by atoms with E-state index in [1.54, 1.807) is 0 Å². The van der Waals surface area contributed by atoms with E-state index in [9.17, 15) is 0 Å². The van der Waals surface area contributed by atoms with Crippen LogP contribution < -0.4 is 4.90 Å². The Kier molecular flexibility index (Phi) is 8.53. The Balaban J connectivity index is 1.01. The van der Waals surface area contributed by atoms with Gasteiger partial charge in [-0.25, -0.2) is 0 Å². The first kappa shape index (κ1) is 35.7. The molecule has 290 valence electrons. The van der Waals surface area contributed by atoms with Gasteiger partial charge in [-0.2, -0.15) is 0 Å². The molecule has 0 spiro atoms. The lowest BCUT2D eigenvalue weighted by atomic mass is 9.97. The van der Waals surface area contributed by atoms with E-state index < -0.39 is 0 Å². The predicted molar refractivity (Wildman–Crippen MR) is 264 cm³/mol. The Morgan fingerprint density at radius 3 is 1.37 bits per heavy atom. The second kappa shape index (κ2) is 14.8. The lowest BCUT2D eigenvalue weighted by Gasteiger charge is -2.26. The highest BCUT2D eigenvalue weighted by Crippen LogP contribution is 2.43. The van der Waals surface area contributed by atoms with E-state index in [1.165, 1.54) is 87.5 Å². The zero-order valence-corrected chi connectivity index (χ0v) is 34.0. The highest BCUT2D eigenvalue weighted by molar-refractivity contribution is 6.18. The molecule has 0 aliphatic rings. The van der Waals surface area contributed by atoms with Crippen LogP contribution in [0.3, 0.4) is 0 Å². The third-order valence-corrected chi connectivity index (χ3v) is 12.5. The summed E-state index contributed by atoms with van der Waals surface area (Å²) in [7, 11) is 0. The third-order valence-electron chi connectivity index (χ3n) is 12.5. The van der Waals surface area contributed by atoms with E-state index in [2.05, 4.69) is 252 Å². The number of fused-ring (bicyclic) bond motifs is 6. The molecule has 0 fully saturated rings. The molecule has 0 aliphatic carbocycles. The number of hydrogen-bond acceptors (Lipinski definition) is 1. The number of aromatic nitrogens is 1. The summed E-state index contributed by atoms with van der Waals surface area (Å²) in [5.74, 6) is 0. The second-order valence-corrected chi connectivity index (χ2v) is 16.2. The van der Waals surface area contributed by atoms with Gasteiger partial charge >= 0.3 is 0 Å². The first-order valence-corrected chi connectivity index (χ1v) is 21.3. The van der Waals surface area contributed by atoms with E-state index in [1.807, 2.05) is 0 Å². The molecule has 0 atom stereocenters. The molecule has 1 heterocycles. The van der Waals surface area contributed by atoms with Crippen molar-refractivity contribution in [1.29, 1.82) is 0 Å². The second-order valence-electron chi connectivity index (χ2n) is 16.2. The van der Waals surface area contributed by atoms with Crippen LogP contribution in [0.1, 0.15) is 0 Å². The molecule has 0 aliphatic heterocycles. The molecule has 0 saturated heterocycles. The van der Waals surface area contributed by atoms with E-state index in [0.29, 0.717) is 0 Å². The van der Waals surface area contributed by atoms with Crippen molar-refractivity contribution in [2.75, 3.05) is 4.90 Å². The summed E-state index contributed by atoms with van der Waals surface area (Å²) < 4.78 is 2.42. The molecule has 62 heavy (non-hydrogen) atoms. The fourth-order valence-corrected chi connectivity index (χ4v) is 9.45. The first-order valence-electron chi connectivity index (χ1n) is 21.3. The third kappa shape index (κ3) is 6.20. The first-order chi connectivity index (χ1) is 30.7. The number of rotatable bonds is 7. The molecule has 12 aromatic rings. The number of anilines is 3. The number of nitrogens with zero attached hydrogens (tertiary/aromatic N) is 2. The molecular formula is C60H40N2. The van der Waals surface area contributed by atoms with Crippen LogP contribution in [0.5, 0.6) is 0 Å². The van der Waals surface area contributed by atoms with Crippen molar-refractivity contribution in [2.24, 2.45) is 0 Å². The molecule has 2 heteroatoms. The van der Waals surface area contributed by atoms with Crippen molar-refractivity contribution in [1.82, 2.24) is 4.57 Å². The van der Waals surface area contributed by atoms with Gasteiger partial charge in [-0.1, -0.05) is 164 Å². The maximum atomic E-state index is 2.42. The average molecular weight is 789 g/mol. The molecule has 1 aromatic heterocycles. The van der Waals surface area contributed by atoms with E-state index in [-0.39, 0.29) is 0 Å². The van der Waals surface area contributed by atoms with Crippen LogP contribution in [-0.2, 0) is 0 Å². The van der Waals surface area contributed by atoms with Gasteiger partial charge in [0, 0.05) is 33.5 Å². The van der Waals surface area contributed by atoms with Gasteiger partial charge in [0.25, 0.3) is 0 Å². The smallest absolute Gasteiger partial charge is 0.0547 e. The maximum absolute atomic E-state index is 2.42. The molecule has 0 saturated carbocycles. The van der Waals surface area contributed by atoms with E-state index in [0.717, 1.165) is 22.7 Å². The van der Waals surface area contributed by atoms with Crippen molar-refractivity contribution in [3.63, 3.8) is 0 Å². The average Bonchev–Trinajstić information content (AvgIpc) is 3.67. The molecule has 0 radical (unpaired) electrons. The van der Waals surface area contributed by atoms with Crippen LogP contribution in [0.25, 0.3) is 93.2 Å². The van der Waals surface area contributed by atoms with Gasteiger partial charge in [0.1, 0.15) is 0 Å². The van der Waals surface area contributed by atoms with Crippen molar-refractivity contribution in [2.45, 2.75) is 0 Å². The quantitative estimate of drug-likeness (QED) is 0.156. The largest absolute Gasteiger partial charge is 0.310 e. The highest BCUT2D eigenvalue weighted by Gasteiger charge is 2.19. The maximum Gasteiger partial charge on any atom is 0.0547 e. The van der Waals surface area contributed by atoms with Crippen LogP contribution in [0.4, 0.5) is 17.1 Å². The summed E-state index contributed by atoms with van der Waals surface area (Å²) in [6.45, 7) is 0. The summed E-state index contributed by atoms with van der Waals surface area (Å²) in [5, 5.41) is 9.95. The molecule has 2 nitrogen and oxygen atoms in total. The zero-order valence-electron chi connectivity index (χ0n) is 34.0. The normalized spacial score (nSPS) is 11.5. The summed E-state index contributed by atoms with van der Waals surface area (Å²) in [6, 6.07) is 88.6. The Bertz CT molecular complexity index is 3500. The molecule has 0 bridgehead atoms. The Morgan fingerprint density at radius 1 is 0.274 bits per heavy atom. The van der Waals surface area contributed by atoms with E-state index in [4.69, 9.17) is 0 Å². The van der Waals surface area contributed by atoms with Gasteiger partial charge in [-0.3, -0.25) is 0 Å². The summed E-state index contributed by atoms with van der Waals surface area (Å²) in [4.78, 5) is 2.39. The summed E-state index contributed by atoms with van der Waals surface area (Å²) in [5.41, 5.74) is 14.0. The minimum absolute atomic E-state index is 1.09. The lowest BCUT2D eigenvalue weighted by Crippen LogP contribution is -2.10. The van der Waals surface area contributed by atoms with E-state index >= 15 is 0 Å². The molecule has 12 rings (SSSR count). The number of para-hydroxylation sites is 1.